The summed E-state index contributed by atoms with van der Waals surface area (Å²) < 4.78 is 10.8. The summed E-state index contributed by atoms with van der Waals surface area (Å²) in [6.07, 6.45) is 0. The normalized spacial score (nSPS) is 14.2. The van der Waals surface area contributed by atoms with Crippen LogP contribution in [0.2, 0.25) is 0 Å². The van der Waals surface area contributed by atoms with E-state index in [9.17, 15) is 0 Å². The van der Waals surface area contributed by atoms with Crippen LogP contribution in [0.4, 0.5) is 5.69 Å². The van der Waals surface area contributed by atoms with Gasteiger partial charge in [0.05, 0.1) is 5.69 Å². The molecule has 1 aliphatic rings. The van der Waals surface area contributed by atoms with Gasteiger partial charge in [-0.2, -0.15) is 4.99 Å². The Morgan fingerprint density at radius 2 is 1.76 bits per heavy atom. The maximum absolute atomic E-state index is 5.51. The van der Waals surface area contributed by atoms with Crippen molar-refractivity contribution in [2.75, 3.05) is 13.2 Å². The van der Waals surface area contributed by atoms with Crippen LogP contribution >= 0.6 is 0 Å². The zero-order chi connectivity index (χ0) is 12.3. The van der Waals surface area contributed by atoms with Crippen LogP contribution in [-0.2, 0) is 0 Å². The van der Waals surface area contributed by atoms with E-state index in [1.165, 1.54) is 0 Å². The second kappa shape index (κ2) is 4.60. The molecule has 0 saturated heterocycles. The fourth-order valence-corrected chi connectivity index (χ4v) is 1.39. The quantitative estimate of drug-likeness (QED) is 0.455. The molecule has 0 fully saturated rings. The van der Waals surface area contributed by atoms with Crippen LogP contribution in [0.1, 0.15) is 0 Å². The third kappa shape index (κ3) is 2.77. The van der Waals surface area contributed by atoms with E-state index in [0.29, 0.717) is 30.4 Å². The highest BCUT2D eigenvalue weighted by atomic mass is 16.6. The van der Waals surface area contributed by atoms with Gasteiger partial charge in [0, 0.05) is 6.07 Å². The van der Waals surface area contributed by atoms with Gasteiger partial charge in [0.2, 0.25) is 5.96 Å². The minimum absolute atomic E-state index is 0.0123. The van der Waals surface area contributed by atoms with Gasteiger partial charge in [0.1, 0.15) is 13.2 Å². The molecule has 0 aliphatic carbocycles. The highest BCUT2D eigenvalue weighted by Gasteiger charge is 2.11. The molecule has 0 unspecified atom stereocenters. The lowest BCUT2D eigenvalue weighted by atomic mass is 10.2. The van der Waals surface area contributed by atoms with Gasteiger partial charge in [-0.25, -0.2) is 4.99 Å². The molecule has 6 N–H and O–H groups in total. The van der Waals surface area contributed by atoms with Gasteiger partial charge in [-0.15, -0.1) is 0 Å². The lowest BCUT2D eigenvalue weighted by molar-refractivity contribution is 0.171. The maximum atomic E-state index is 5.51. The van der Waals surface area contributed by atoms with Gasteiger partial charge in [-0.3, -0.25) is 0 Å². The van der Waals surface area contributed by atoms with Gasteiger partial charge in [-0.1, -0.05) is 0 Å². The number of guanidine groups is 2. The Labute approximate surface area is 97.9 Å². The third-order valence-corrected chi connectivity index (χ3v) is 2.01. The van der Waals surface area contributed by atoms with Crippen molar-refractivity contribution in [3.05, 3.63) is 18.2 Å². The van der Waals surface area contributed by atoms with Gasteiger partial charge in [0.15, 0.2) is 17.5 Å². The molecule has 90 valence electrons. The summed E-state index contributed by atoms with van der Waals surface area (Å²) in [6.45, 7) is 1.06. The fourth-order valence-electron chi connectivity index (χ4n) is 1.39. The van der Waals surface area contributed by atoms with Crippen LogP contribution < -0.4 is 26.7 Å². The predicted molar refractivity (Wildman–Crippen MR) is 64.5 cm³/mol. The third-order valence-electron chi connectivity index (χ3n) is 2.01. The summed E-state index contributed by atoms with van der Waals surface area (Å²) >= 11 is 0. The fraction of sp³-hybridized carbons (Fsp3) is 0.200. The Kier molecular flexibility index (Phi) is 2.99. The number of benzene rings is 1. The summed E-state index contributed by atoms with van der Waals surface area (Å²) in [5.74, 6) is 1.18. The van der Waals surface area contributed by atoms with E-state index in [1.807, 2.05) is 0 Å². The van der Waals surface area contributed by atoms with Gasteiger partial charge < -0.3 is 26.7 Å². The van der Waals surface area contributed by atoms with Crippen LogP contribution in [-0.4, -0.2) is 25.1 Å². The molecule has 1 aromatic carbocycles. The zero-order valence-electron chi connectivity index (χ0n) is 9.09. The van der Waals surface area contributed by atoms with Crippen molar-refractivity contribution in [3.63, 3.8) is 0 Å². The van der Waals surface area contributed by atoms with Crippen LogP contribution in [0.3, 0.4) is 0 Å². The Hall–Kier alpha value is -2.44. The molecule has 17 heavy (non-hydrogen) atoms. The maximum Gasteiger partial charge on any atom is 0.223 e. The van der Waals surface area contributed by atoms with Crippen LogP contribution in [0.5, 0.6) is 11.5 Å². The van der Waals surface area contributed by atoms with Crippen LogP contribution in [0, 0.1) is 0 Å². The van der Waals surface area contributed by atoms with Crippen molar-refractivity contribution in [1.29, 1.82) is 0 Å². The standard InChI is InChI=1S/C10H13N5O2/c11-9(12)15-10(13)14-6-1-2-7-8(5-6)17-4-3-16-7/h1-2,5H,3-4H2,(H6,11,12,13,14,15). The number of aliphatic imine (C=N–C) groups is 2. The minimum atomic E-state index is -0.135. The zero-order valence-corrected chi connectivity index (χ0v) is 9.09. The Balaban J connectivity index is 2.25. The van der Waals surface area contributed by atoms with E-state index in [4.69, 9.17) is 26.7 Å². The second-order valence-electron chi connectivity index (χ2n) is 3.33. The second-order valence-corrected chi connectivity index (χ2v) is 3.33. The number of hydrogen-bond acceptors (Lipinski definition) is 3. The molecule has 1 aliphatic heterocycles. The smallest absolute Gasteiger partial charge is 0.223 e. The first-order valence-electron chi connectivity index (χ1n) is 4.98. The number of hydrogen-bond donors (Lipinski definition) is 3. The van der Waals surface area contributed by atoms with E-state index in [2.05, 4.69) is 9.98 Å². The molecule has 1 aromatic rings. The molecule has 0 atom stereocenters. The Bertz CT molecular complexity index is 480. The number of ether oxygens (including phenoxy) is 2. The highest BCUT2D eigenvalue weighted by Crippen LogP contribution is 2.33. The first-order valence-corrected chi connectivity index (χ1v) is 4.98. The van der Waals surface area contributed by atoms with Crippen molar-refractivity contribution in [2.24, 2.45) is 27.2 Å². The van der Waals surface area contributed by atoms with Gasteiger partial charge in [0.25, 0.3) is 0 Å². The molecule has 7 nitrogen and oxygen atoms in total. The number of nitrogens with zero attached hydrogens (tertiary/aromatic N) is 2. The molecule has 0 spiro atoms. The number of nitrogens with two attached hydrogens (primary N) is 3. The lowest BCUT2D eigenvalue weighted by Crippen LogP contribution is -2.26. The molecule has 0 amide bonds. The van der Waals surface area contributed by atoms with Crippen molar-refractivity contribution in [2.45, 2.75) is 0 Å². The first kappa shape index (κ1) is 11.1. The van der Waals surface area contributed by atoms with Crippen molar-refractivity contribution < 1.29 is 9.47 Å². The predicted octanol–water partition coefficient (Wildman–Crippen LogP) is -0.323. The van der Waals surface area contributed by atoms with Crippen LogP contribution in [0.25, 0.3) is 0 Å². The topological polar surface area (TPSA) is 121 Å². The summed E-state index contributed by atoms with van der Waals surface area (Å²) in [7, 11) is 0. The average Bonchev–Trinajstić information content (AvgIpc) is 2.27. The highest BCUT2D eigenvalue weighted by molar-refractivity contribution is 5.93. The van der Waals surface area contributed by atoms with Crippen molar-refractivity contribution in [3.8, 4) is 11.5 Å². The summed E-state index contributed by atoms with van der Waals surface area (Å²) in [6, 6.07) is 5.21. The summed E-state index contributed by atoms with van der Waals surface area (Å²) in [4.78, 5) is 7.63. The molecule has 1 heterocycles. The SMILES string of the molecule is NC(N)=NC(N)=Nc1ccc2c(c1)OCCO2. The molecule has 0 saturated carbocycles. The van der Waals surface area contributed by atoms with E-state index in [0.717, 1.165) is 0 Å². The first-order chi connectivity index (χ1) is 8.15. The van der Waals surface area contributed by atoms with E-state index in [-0.39, 0.29) is 11.9 Å². The Morgan fingerprint density at radius 1 is 1.06 bits per heavy atom. The van der Waals surface area contributed by atoms with Crippen LogP contribution in [0.15, 0.2) is 28.2 Å². The van der Waals surface area contributed by atoms with Crippen molar-refractivity contribution >= 4 is 17.6 Å². The molecular weight excluding hydrogens is 222 g/mol. The minimum Gasteiger partial charge on any atom is -0.486 e. The van der Waals surface area contributed by atoms with E-state index in [1.54, 1.807) is 18.2 Å². The van der Waals surface area contributed by atoms with Crippen molar-refractivity contribution in [1.82, 2.24) is 0 Å². The number of rotatable bonds is 1. The van der Waals surface area contributed by atoms with Gasteiger partial charge >= 0.3 is 0 Å². The van der Waals surface area contributed by atoms with E-state index >= 15 is 0 Å². The summed E-state index contributed by atoms with van der Waals surface area (Å²) in [5, 5.41) is 0. The Morgan fingerprint density at radius 3 is 2.47 bits per heavy atom. The molecule has 7 heteroatoms. The monoisotopic (exact) mass is 235 g/mol. The average molecular weight is 235 g/mol. The molecular formula is C10H13N5O2. The molecule has 0 aromatic heterocycles. The lowest BCUT2D eigenvalue weighted by Gasteiger charge is -2.18. The molecule has 2 rings (SSSR count). The van der Waals surface area contributed by atoms with E-state index < -0.39 is 0 Å². The molecule has 0 bridgehead atoms. The van der Waals surface area contributed by atoms with Gasteiger partial charge in [-0.05, 0) is 12.1 Å². The number of fused-ring (bicyclic) bond motifs is 1. The largest absolute Gasteiger partial charge is 0.486 e. The molecule has 0 radical (unpaired) electrons. The summed E-state index contributed by atoms with van der Waals surface area (Å²) in [5.41, 5.74) is 16.5.